The monoisotopic (exact) mass is 264 g/mol. The van der Waals surface area contributed by atoms with Crippen LogP contribution in [0.3, 0.4) is 0 Å². The summed E-state index contributed by atoms with van der Waals surface area (Å²) in [6.45, 7) is 1.73. The summed E-state index contributed by atoms with van der Waals surface area (Å²) >= 11 is 0. The maximum atomic E-state index is 12.2. The highest BCUT2D eigenvalue weighted by Gasteiger charge is 2.18. The van der Waals surface area contributed by atoms with Crippen LogP contribution in [0.4, 0.5) is 0 Å². The summed E-state index contributed by atoms with van der Waals surface area (Å²) < 4.78 is 5.36. The Morgan fingerprint density at radius 2 is 1.65 bits per heavy atom. The van der Waals surface area contributed by atoms with E-state index in [0.29, 0.717) is 12.2 Å². The molecule has 0 aliphatic rings. The molecule has 1 atom stereocenters. The molecule has 0 fully saturated rings. The highest BCUT2D eigenvalue weighted by Crippen LogP contribution is 2.14. The van der Waals surface area contributed by atoms with Crippen molar-refractivity contribution in [3.63, 3.8) is 0 Å². The molecule has 2 heteroatoms. The lowest BCUT2D eigenvalue weighted by atomic mass is 10.00. The Labute approximate surface area is 119 Å². The molecule has 0 aromatic heterocycles. The lowest BCUT2D eigenvalue weighted by Crippen LogP contribution is -2.21. The van der Waals surface area contributed by atoms with E-state index in [2.05, 4.69) is 11.8 Å². The average molecular weight is 264 g/mol. The van der Waals surface area contributed by atoms with Gasteiger partial charge in [0, 0.05) is 0 Å². The van der Waals surface area contributed by atoms with Gasteiger partial charge in [0.25, 0.3) is 0 Å². The highest BCUT2D eigenvalue weighted by atomic mass is 16.5. The Morgan fingerprint density at radius 3 is 2.25 bits per heavy atom. The lowest BCUT2D eigenvalue weighted by molar-refractivity contribution is -0.137. The van der Waals surface area contributed by atoms with Crippen molar-refractivity contribution in [2.75, 3.05) is 0 Å². The molecule has 0 aliphatic carbocycles. The van der Waals surface area contributed by atoms with Crippen molar-refractivity contribution in [1.82, 2.24) is 0 Å². The van der Waals surface area contributed by atoms with Crippen LogP contribution in [-0.4, -0.2) is 5.97 Å². The molecule has 2 nitrogen and oxygen atoms in total. The zero-order valence-corrected chi connectivity index (χ0v) is 11.4. The maximum absolute atomic E-state index is 12.2. The summed E-state index contributed by atoms with van der Waals surface area (Å²) in [7, 11) is 0. The third kappa shape index (κ3) is 4.00. The molecular formula is C18H16O2. The van der Waals surface area contributed by atoms with Gasteiger partial charge in [0.2, 0.25) is 0 Å². The number of hydrogen-bond donors (Lipinski definition) is 0. The van der Waals surface area contributed by atoms with E-state index in [0.717, 1.165) is 5.56 Å². The van der Waals surface area contributed by atoms with Gasteiger partial charge in [0.1, 0.15) is 11.7 Å². The van der Waals surface area contributed by atoms with Gasteiger partial charge in [0.05, 0.1) is 0 Å². The van der Waals surface area contributed by atoms with Gasteiger partial charge in [-0.25, -0.2) is 0 Å². The molecule has 0 radical (unpaired) electrons. The van der Waals surface area contributed by atoms with E-state index >= 15 is 0 Å². The van der Waals surface area contributed by atoms with Crippen LogP contribution in [0.25, 0.3) is 0 Å². The third-order valence-corrected chi connectivity index (χ3v) is 2.85. The molecule has 0 amide bonds. The zero-order chi connectivity index (χ0) is 14.2. The minimum Gasteiger partial charge on any atom is -0.426 e. The molecule has 0 heterocycles. The minimum absolute atomic E-state index is 0.311. The van der Waals surface area contributed by atoms with Gasteiger partial charge in [-0.1, -0.05) is 54.5 Å². The van der Waals surface area contributed by atoms with Crippen LogP contribution in [-0.2, 0) is 11.2 Å². The fraction of sp³-hybridized carbons (Fsp3) is 0.167. The van der Waals surface area contributed by atoms with Crippen LogP contribution in [0.15, 0.2) is 60.7 Å². The zero-order valence-electron chi connectivity index (χ0n) is 11.4. The van der Waals surface area contributed by atoms with E-state index in [9.17, 15) is 4.79 Å². The van der Waals surface area contributed by atoms with Crippen LogP contribution >= 0.6 is 0 Å². The van der Waals surface area contributed by atoms with E-state index < -0.39 is 5.92 Å². The molecule has 20 heavy (non-hydrogen) atoms. The van der Waals surface area contributed by atoms with Crippen LogP contribution < -0.4 is 4.74 Å². The summed E-state index contributed by atoms with van der Waals surface area (Å²) in [5.41, 5.74) is 1.07. The molecule has 0 aliphatic heterocycles. The van der Waals surface area contributed by atoms with Crippen molar-refractivity contribution in [2.24, 2.45) is 5.92 Å². The number of ether oxygens (including phenoxy) is 1. The van der Waals surface area contributed by atoms with Crippen LogP contribution in [0.2, 0.25) is 0 Å². The van der Waals surface area contributed by atoms with E-state index in [1.54, 1.807) is 19.1 Å². The van der Waals surface area contributed by atoms with Gasteiger partial charge in [-0.05, 0) is 31.0 Å². The predicted octanol–water partition coefficient (Wildman–Crippen LogP) is 3.47. The number of benzene rings is 2. The lowest BCUT2D eigenvalue weighted by Gasteiger charge is -2.10. The second kappa shape index (κ2) is 7.16. The first kappa shape index (κ1) is 13.9. The molecule has 1 unspecified atom stereocenters. The second-order valence-corrected chi connectivity index (χ2v) is 4.37. The van der Waals surface area contributed by atoms with Gasteiger partial charge in [0.15, 0.2) is 0 Å². The number of hydrogen-bond acceptors (Lipinski definition) is 2. The number of esters is 1. The van der Waals surface area contributed by atoms with Crippen molar-refractivity contribution in [2.45, 2.75) is 13.3 Å². The number of rotatable bonds is 4. The first-order chi connectivity index (χ1) is 9.79. The molecule has 2 rings (SSSR count). The Bertz CT molecular complexity index is 606. The van der Waals surface area contributed by atoms with E-state index in [4.69, 9.17) is 4.74 Å². The van der Waals surface area contributed by atoms with E-state index in [-0.39, 0.29) is 5.97 Å². The maximum Gasteiger partial charge on any atom is 0.326 e. The fourth-order valence-corrected chi connectivity index (χ4v) is 1.89. The Hall–Kier alpha value is -2.53. The van der Waals surface area contributed by atoms with E-state index in [1.165, 1.54) is 0 Å². The summed E-state index contributed by atoms with van der Waals surface area (Å²) in [6, 6.07) is 18.9. The molecule has 0 saturated heterocycles. The molecule has 0 N–H and O–H groups in total. The van der Waals surface area contributed by atoms with Gasteiger partial charge in [-0.2, -0.15) is 0 Å². The minimum atomic E-state index is -0.442. The van der Waals surface area contributed by atoms with Crippen LogP contribution in [0.5, 0.6) is 5.75 Å². The van der Waals surface area contributed by atoms with Crippen molar-refractivity contribution >= 4 is 5.97 Å². The molecular weight excluding hydrogens is 248 g/mol. The molecule has 0 saturated carbocycles. The normalized spacial score (nSPS) is 11.1. The Balaban J connectivity index is 2.08. The Kier molecular flexibility index (Phi) is 4.97. The first-order valence-corrected chi connectivity index (χ1v) is 6.52. The van der Waals surface area contributed by atoms with Crippen molar-refractivity contribution in [3.8, 4) is 17.6 Å². The topological polar surface area (TPSA) is 26.3 Å². The standard InChI is InChI=1S/C18H16O2/c1-2-9-16(14-15-10-5-3-6-11-15)18(19)20-17-12-7-4-8-13-17/h3-8,10-13,16H,14H2,1H3. The molecule has 0 spiro atoms. The average Bonchev–Trinajstić information content (AvgIpc) is 2.49. The molecule has 0 bridgehead atoms. The molecule has 2 aromatic carbocycles. The number of carbonyl (C=O) groups excluding carboxylic acids is 1. The van der Waals surface area contributed by atoms with Crippen molar-refractivity contribution in [3.05, 3.63) is 66.2 Å². The third-order valence-electron chi connectivity index (χ3n) is 2.85. The summed E-state index contributed by atoms with van der Waals surface area (Å²) in [5, 5.41) is 0. The van der Waals surface area contributed by atoms with Crippen LogP contribution in [0.1, 0.15) is 12.5 Å². The highest BCUT2D eigenvalue weighted by molar-refractivity contribution is 5.78. The Morgan fingerprint density at radius 1 is 1.05 bits per heavy atom. The summed E-state index contributed by atoms with van der Waals surface area (Å²) in [5.74, 6) is 5.53. The van der Waals surface area contributed by atoms with E-state index in [1.807, 2.05) is 48.5 Å². The largest absolute Gasteiger partial charge is 0.426 e. The molecule has 2 aromatic rings. The SMILES string of the molecule is CC#CC(Cc1ccccc1)C(=O)Oc1ccccc1. The van der Waals surface area contributed by atoms with Gasteiger partial charge in [-0.3, -0.25) is 4.79 Å². The number of carbonyl (C=O) groups is 1. The predicted molar refractivity (Wildman–Crippen MR) is 79.2 cm³/mol. The quantitative estimate of drug-likeness (QED) is 0.480. The van der Waals surface area contributed by atoms with Gasteiger partial charge < -0.3 is 4.74 Å². The fourth-order valence-electron chi connectivity index (χ4n) is 1.89. The smallest absolute Gasteiger partial charge is 0.326 e. The van der Waals surface area contributed by atoms with Gasteiger partial charge >= 0.3 is 5.97 Å². The van der Waals surface area contributed by atoms with Crippen molar-refractivity contribution in [1.29, 1.82) is 0 Å². The second-order valence-electron chi connectivity index (χ2n) is 4.37. The first-order valence-electron chi connectivity index (χ1n) is 6.52. The van der Waals surface area contributed by atoms with Gasteiger partial charge in [-0.15, -0.1) is 5.92 Å². The summed E-state index contributed by atoms with van der Waals surface area (Å²) in [4.78, 5) is 12.2. The molecule has 100 valence electrons. The number of para-hydroxylation sites is 1. The van der Waals surface area contributed by atoms with Crippen molar-refractivity contribution < 1.29 is 9.53 Å². The summed E-state index contributed by atoms with van der Waals surface area (Å²) in [6.07, 6.45) is 0.563. The van der Waals surface area contributed by atoms with Crippen LogP contribution in [0, 0.1) is 17.8 Å².